The third-order valence-corrected chi connectivity index (χ3v) is 6.30. The minimum absolute atomic E-state index is 0.123. The fourth-order valence-electron chi connectivity index (χ4n) is 4.41. The van der Waals surface area contributed by atoms with Crippen LogP contribution in [0.4, 0.5) is 30.6 Å². The molecule has 0 bridgehead atoms. The second kappa shape index (κ2) is 8.14. The van der Waals surface area contributed by atoms with Crippen molar-refractivity contribution >= 4 is 17.5 Å². The molecular weight excluding hydrogens is 435 g/mol. The molecule has 0 radical (unpaired) electrons. The predicted molar refractivity (Wildman–Crippen MR) is 116 cm³/mol. The molecule has 3 N–H and O–H groups in total. The number of ether oxygens (including phenoxy) is 1. The van der Waals surface area contributed by atoms with E-state index in [0.717, 1.165) is 50.0 Å². The number of nitrogens with zero attached hydrogens (tertiary/aromatic N) is 5. The molecule has 1 aliphatic carbocycles. The molecular formula is C22H22F3N7O. The number of rotatable bonds is 5. The number of pyridine rings is 2. The summed E-state index contributed by atoms with van der Waals surface area (Å²) in [5, 5.41) is 2.98. The zero-order chi connectivity index (χ0) is 23.1. The summed E-state index contributed by atoms with van der Waals surface area (Å²) in [6, 6.07) is 7.89. The first-order valence-corrected chi connectivity index (χ1v) is 10.6. The number of anilines is 3. The van der Waals surface area contributed by atoms with Gasteiger partial charge in [-0.15, -0.1) is 13.2 Å². The van der Waals surface area contributed by atoms with Crippen molar-refractivity contribution < 1.29 is 17.9 Å². The topological polar surface area (TPSA) is 102 Å². The molecule has 0 amide bonds. The van der Waals surface area contributed by atoms with E-state index in [9.17, 15) is 13.2 Å². The maximum Gasteiger partial charge on any atom is 0.573 e. The Hall–Kier alpha value is -3.47. The van der Waals surface area contributed by atoms with Gasteiger partial charge in [0.15, 0.2) is 5.82 Å². The molecule has 4 heterocycles. The molecule has 2 atom stereocenters. The summed E-state index contributed by atoms with van der Waals surface area (Å²) >= 11 is 0. The Morgan fingerprint density at radius 1 is 1.12 bits per heavy atom. The lowest BCUT2D eigenvalue weighted by Gasteiger charge is -2.44. The highest BCUT2D eigenvalue weighted by molar-refractivity contribution is 5.64. The van der Waals surface area contributed by atoms with Crippen molar-refractivity contribution in [3.63, 3.8) is 0 Å². The van der Waals surface area contributed by atoms with Crippen LogP contribution in [-0.2, 0) is 0 Å². The standard InChI is InChI=1S/C22H22F3N7O/c23-22(24,25)33-15-4-8-28-17(10-15)29-18-11-19(31-20(30-18)14-2-1-7-27-12-14)32-9-6-21(13-32)5-3-16(21)26/h1-2,4,7-8,10-12,16H,3,5-6,9,13,26H2,(H,28,29,30,31). The SMILES string of the molecule is NC1CCC12CCN(c1cc(Nc3cc(OC(F)(F)F)ccn3)nc(-c3cccnc3)n1)C2. The minimum Gasteiger partial charge on any atom is -0.406 e. The van der Waals surface area contributed by atoms with Gasteiger partial charge < -0.3 is 20.7 Å². The maximum atomic E-state index is 12.6. The lowest BCUT2D eigenvalue weighted by Crippen LogP contribution is -2.52. The van der Waals surface area contributed by atoms with E-state index in [1.54, 1.807) is 24.5 Å². The molecule has 3 aromatic heterocycles. The van der Waals surface area contributed by atoms with E-state index >= 15 is 0 Å². The Morgan fingerprint density at radius 3 is 2.67 bits per heavy atom. The number of alkyl halides is 3. The number of aromatic nitrogens is 4. The smallest absolute Gasteiger partial charge is 0.406 e. The van der Waals surface area contributed by atoms with E-state index < -0.39 is 6.36 Å². The molecule has 1 aliphatic heterocycles. The van der Waals surface area contributed by atoms with Crippen LogP contribution in [0.15, 0.2) is 48.9 Å². The van der Waals surface area contributed by atoms with Gasteiger partial charge in [-0.25, -0.2) is 15.0 Å². The monoisotopic (exact) mass is 457 g/mol. The third kappa shape index (κ3) is 4.54. The van der Waals surface area contributed by atoms with E-state index in [4.69, 9.17) is 10.7 Å². The third-order valence-electron chi connectivity index (χ3n) is 6.30. The van der Waals surface area contributed by atoms with Gasteiger partial charge in [-0.1, -0.05) is 0 Å². The highest BCUT2D eigenvalue weighted by Crippen LogP contribution is 2.48. The Bertz CT molecular complexity index is 1140. The van der Waals surface area contributed by atoms with Crippen molar-refractivity contribution in [2.45, 2.75) is 31.7 Å². The average molecular weight is 457 g/mol. The average Bonchev–Trinajstić information content (AvgIpc) is 3.26. The maximum absolute atomic E-state index is 12.6. The summed E-state index contributed by atoms with van der Waals surface area (Å²) in [7, 11) is 0. The first kappa shape index (κ1) is 21.4. The largest absolute Gasteiger partial charge is 0.573 e. The van der Waals surface area contributed by atoms with Gasteiger partial charge >= 0.3 is 6.36 Å². The van der Waals surface area contributed by atoms with Gasteiger partial charge in [-0.05, 0) is 37.5 Å². The Morgan fingerprint density at radius 2 is 2.00 bits per heavy atom. The quantitative estimate of drug-likeness (QED) is 0.595. The van der Waals surface area contributed by atoms with E-state index in [1.165, 1.54) is 6.20 Å². The van der Waals surface area contributed by atoms with Crippen LogP contribution in [0.25, 0.3) is 11.4 Å². The van der Waals surface area contributed by atoms with Crippen molar-refractivity contribution in [2.24, 2.45) is 11.1 Å². The Kier molecular flexibility index (Phi) is 5.28. The molecule has 2 fully saturated rings. The lowest BCUT2D eigenvalue weighted by atomic mass is 9.64. The lowest BCUT2D eigenvalue weighted by molar-refractivity contribution is -0.274. The molecule has 1 saturated heterocycles. The fourth-order valence-corrected chi connectivity index (χ4v) is 4.41. The van der Waals surface area contributed by atoms with Crippen LogP contribution >= 0.6 is 0 Å². The summed E-state index contributed by atoms with van der Waals surface area (Å²) in [5.41, 5.74) is 7.13. The molecule has 8 nitrogen and oxygen atoms in total. The predicted octanol–water partition coefficient (Wildman–Crippen LogP) is 3.89. The summed E-state index contributed by atoms with van der Waals surface area (Å²) < 4.78 is 41.7. The molecule has 2 unspecified atom stereocenters. The van der Waals surface area contributed by atoms with Crippen LogP contribution in [0.5, 0.6) is 5.75 Å². The molecule has 11 heteroatoms. The highest BCUT2D eigenvalue weighted by Gasteiger charge is 2.49. The van der Waals surface area contributed by atoms with Gasteiger partial charge in [-0.2, -0.15) is 0 Å². The van der Waals surface area contributed by atoms with Crippen LogP contribution in [0.3, 0.4) is 0 Å². The second-order valence-electron chi connectivity index (χ2n) is 8.41. The minimum atomic E-state index is -4.79. The Balaban J connectivity index is 1.46. The first-order chi connectivity index (χ1) is 15.8. The number of nitrogens with one attached hydrogen (secondary N) is 1. The molecule has 2 aliphatic rings. The van der Waals surface area contributed by atoms with Gasteiger partial charge in [0.05, 0.1) is 0 Å². The molecule has 1 spiro atoms. The zero-order valence-electron chi connectivity index (χ0n) is 17.6. The summed E-state index contributed by atoms with van der Waals surface area (Å²) in [4.78, 5) is 19.7. The van der Waals surface area contributed by atoms with Crippen molar-refractivity contribution in [3.8, 4) is 17.1 Å². The summed E-state index contributed by atoms with van der Waals surface area (Å²) in [6.45, 7) is 1.63. The summed E-state index contributed by atoms with van der Waals surface area (Å²) in [5.74, 6) is 1.35. The van der Waals surface area contributed by atoms with Gasteiger partial charge in [0.1, 0.15) is 23.2 Å². The molecule has 172 valence electrons. The van der Waals surface area contributed by atoms with Gasteiger partial charge in [0, 0.05) is 60.8 Å². The van der Waals surface area contributed by atoms with Gasteiger partial charge in [0.2, 0.25) is 0 Å². The molecule has 1 saturated carbocycles. The van der Waals surface area contributed by atoms with E-state index in [1.807, 2.05) is 6.07 Å². The van der Waals surface area contributed by atoms with E-state index in [-0.39, 0.29) is 23.0 Å². The Labute approximate surface area is 188 Å². The van der Waals surface area contributed by atoms with Crippen molar-refractivity contribution in [1.29, 1.82) is 0 Å². The van der Waals surface area contributed by atoms with Crippen LogP contribution in [0, 0.1) is 5.41 Å². The number of nitrogens with two attached hydrogens (primary N) is 1. The van der Waals surface area contributed by atoms with Crippen LogP contribution in [0.1, 0.15) is 19.3 Å². The van der Waals surface area contributed by atoms with Crippen molar-refractivity contribution in [1.82, 2.24) is 19.9 Å². The van der Waals surface area contributed by atoms with E-state index in [0.29, 0.717) is 17.5 Å². The van der Waals surface area contributed by atoms with Crippen LogP contribution in [0.2, 0.25) is 0 Å². The fraction of sp³-hybridized carbons (Fsp3) is 0.364. The number of hydrogen-bond donors (Lipinski definition) is 2. The summed E-state index contributed by atoms with van der Waals surface area (Å²) in [6.07, 6.45) is 2.90. The number of hydrogen-bond acceptors (Lipinski definition) is 8. The van der Waals surface area contributed by atoms with Gasteiger partial charge in [0.25, 0.3) is 0 Å². The van der Waals surface area contributed by atoms with Crippen molar-refractivity contribution in [2.75, 3.05) is 23.3 Å². The highest BCUT2D eigenvalue weighted by atomic mass is 19.4. The van der Waals surface area contributed by atoms with Crippen LogP contribution < -0.4 is 20.7 Å². The second-order valence-corrected chi connectivity index (χ2v) is 8.41. The number of halogens is 3. The van der Waals surface area contributed by atoms with Crippen LogP contribution in [-0.4, -0.2) is 45.4 Å². The molecule has 3 aromatic rings. The molecule has 33 heavy (non-hydrogen) atoms. The zero-order valence-corrected chi connectivity index (χ0v) is 17.6. The normalized spacial score (nSPS) is 22.3. The first-order valence-electron chi connectivity index (χ1n) is 10.6. The van der Waals surface area contributed by atoms with E-state index in [2.05, 4.69) is 29.9 Å². The van der Waals surface area contributed by atoms with Crippen molar-refractivity contribution in [3.05, 3.63) is 48.9 Å². The molecule has 0 aromatic carbocycles. The van der Waals surface area contributed by atoms with Gasteiger partial charge in [-0.3, -0.25) is 4.98 Å². The molecule has 5 rings (SSSR count).